The third kappa shape index (κ3) is 2.48. The third-order valence-corrected chi connectivity index (χ3v) is 2.93. The number of non-ortho nitro benzene ring substituents is 1. The molecule has 2 aromatic rings. The van der Waals surface area contributed by atoms with Gasteiger partial charge in [-0.2, -0.15) is 0 Å². The van der Waals surface area contributed by atoms with E-state index in [9.17, 15) is 10.1 Å². The Morgan fingerprint density at radius 1 is 1.45 bits per heavy atom. The first-order valence-electron chi connectivity index (χ1n) is 5.99. The first-order valence-corrected chi connectivity index (χ1v) is 5.99. The summed E-state index contributed by atoms with van der Waals surface area (Å²) in [7, 11) is 1.47. The summed E-state index contributed by atoms with van der Waals surface area (Å²) >= 11 is 0. The van der Waals surface area contributed by atoms with Crippen molar-refractivity contribution in [2.75, 3.05) is 7.11 Å². The van der Waals surface area contributed by atoms with Crippen molar-refractivity contribution in [2.45, 2.75) is 19.4 Å². The van der Waals surface area contributed by atoms with Crippen LogP contribution in [0.5, 0.6) is 5.75 Å². The number of aromatic nitrogens is 2. The molecule has 0 radical (unpaired) electrons. The van der Waals surface area contributed by atoms with Gasteiger partial charge in [0, 0.05) is 6.07 Å². The van der Waals surface area contributed by atoms with Crippen molar-refractivity contribution in [3.63, 3.8) is 0 Å². The van der Waals surface area contributed by atoms with Crippen molar-refractivity contribution in [2.24, 2.45) is 5.73 Å². The molecule has 106 valence electrons. The lowest BCUT2D eigenvalue weighted by molar-refractivity contribution is -0.384. The number of imidazole rings is 1. The van der Waals surface area contributed by atoms with Gasteiger partial charge in [0.2, 0.25) is 0 Å². The molecule has 1 heterocycles. The van der Waals surface area contributed by atoms with Gasteiger partial charge in [-0.3, -0.25) is 14.7 Å². The van der Waals surface area contributed by atoms with Crippen molar-refractivity contribution in [3.05, 3.63) is 46.5 Å². The van der Waals surface area contributed by atoms with Crippen LogP contribution in [0.3, 0.4) is 0 Å². The Morgan fingerprint density at radius 3 is 2.70 bits per heavy atom. The molecule has 0 saturated carbocycles. The summed E-state index contributed by atoms with van der Waals surface area (Å²) in [5.74, 6) is 0.391. The molecular formula is C13H16N4O3. The van der Waals surface area contributed by atoms with Crippen LogP contribution in [0.15, 0.2) is 30.7 Å². The van der Waals surface area contributed by atoms with Gasteiger partial charge in [-0.05, 0) is 19.9 Å². The van der Waals surface area contributed by atoms with E-state index in [2.05, 4.69) is 4.98 Å². The molecule has 7 nitrogen and oxygen atoms in total. The van der Waals surface area contributed by atoms with E-state index in [1.165, 1.54) is 19.2 Å². The molecule has 0 atom stereocenters. The number of benzene rings is 1. The normalized spacial score (nSPS) is 11.4. The SMILES string of the molecule is COc1cc([N+](=O)[O-])ccc1-n1cncc1C(C)(C)N. The molecule has 0 saturated heterocycles. The zero-order chi connectivity index (χ0) is 14.9. The topological polar surface area (TPSA) is 96.2 Å². The number of hydrogen-bond donors (Lipinski definition) is 1. The van der Waals surface area contributed by atoms with Crippen LogP contribution in [0.1, 0.15) is 19.5 Å². The highest BCUT2D eigenvalue weighted by Crippen LogP contribution is 2.30. The van der Waals surface area contributed by atoms with Gasteiger partial charge in [0.1, 0.15) is 5.75 Å². The number of nitro benzene ring substituents is 1. The van der Waals surface area contributed by atoms with Gasteiger partial charge in [-0.1, -0.05) is 0 Å². The van der Waals surface area contributed by atoms with Crippen molar-refractivity contribution >= 4 is 5.69 Å². The zero-order valence-corrected chi connectivity index (χ0v) is 11.5. The molecule has 0 aliphatic carbocycles. The van der Waals surface area contributed by atoms with Crippen LogP contribution >= 0.6 is 0 Å². The maximum absolute atomic E-state index is 10.8. The number of nitrogens with two attached hydrogens (primary N) is 1. The van der Waals surface area contributed by atoms with Crippen molar-refractivity contribution in [1.82, 2.24) is 9.55 Å². The fourth-order valence-electron chi connectivity index (χ4n) is 1.94. The van der Waals surface area contributed by atoms with Gasteiger partial charge in [-0.25, -0.2) is 4.98 Å². The Hall–Kier alpha value is -2.41. The Morgan fingerprint density at radius 2 is 2.15 bits per heavy atom. The largest absolute Gasteiger partial charge is 0.494 e. The quantitative estimate of drug-likeness (QED) is 0.680. The number of hydrogen-bond acceptors (Lipinski definition) is 5. The summed E-state index contributed by atoms with van der Waals surface area (Å²) in [5.41, 5.74) is 6.92. The van der Waals surface area contributed by atoms with Gasteiger partial charge in [-0.15, -0.1) is 0 Å². The molecule has 7 heteroatoms. The van der Waals surface area contributed by atoms with E-state index in [1.54, 1.807) is 23.2 Å². The first-order chi connectivity index (χ1) is 9.34. The van der Waals surface area contributed by atoms with E-state index in [0.29, 0.717) is 11.4 Å². The van der Waals surface area contributed by atoms with Crippen molar-refractivity contribution < 1.29 is 9.66 Å². The lowest BCUT2D eigenvalue weighted by Gasteiger charge is -2.21. The number of methoxy groups -OCH3 is 1. The summed E-state index contributed by atoms with van der Waals surface area (Å²) in [4.78, 5) is 14.4. The second-order valence-electron chi connectivity index (χ2n) is 4.98. The van der Waals surface area contributed by atoms with E-state index in [0.717, 1.165) is 5.69 Å². The first kappa shape index (κ1) is 14.0. The van der Waals surface area contributed by atoms with Crippen LogP contribution in [0.25, 0.3) is 5.69 Å². The molecule has 1 aromatic heterocycles. The minimum atomic E-state index is -0.594. The van der Waals surface area contributed by atoms with Gasteiger partial charge >= 0.3 is 0 Å². The molecule has 0 aliphatic heterocycles. The fourth-order valence-corrected chi connectivity index (χ4v) is 1.94. The van der Waals surface area contributed by atoms with Crippen LogP contribution in [0, 0.1) is 10.1 Å². The van der Waals surface area contributed by atoms with E-state index in [-0.39, 0.29) is 5.69 Å². The number of ether oxygens (including phenoxy) is 1. The highest BCUT2D eigenvalue weighted by molar-refractivity contribution is 5.54. The van der Waals surface area contributed by atoms with Crippen LogP contribution < -0.4 is 10.5 Å². The van der Waals surface area contributed by atoms with E-state index >= 15 is 0 Å². The Bertz CT molecular complexity index is 643. The molecule has 0 unspecified atom stereocenters. The second-order valence-corrected chi connectivity index (χ2v) is 4.98. The molecule has 0 bridgehead atoms. The number of rotatable bonds is 4. The van der Waals surface area contributed by atoms with Crippen molar-refractivity contribution in [1.29, 1.82) is 0 Å². The van der Waals surface area contributed by atoms with Crippen LogP contribution in [-0.4, -0.2) is 21.6 Å². The molecule has 2 rings (SSSR count). The maximum atomic E-state index is 10.8. The molecular weight excluding hydrogens is 260 g/mol. The Balaban J connectivity index is 2.59. The van der Waals surface area contributed by atoms with Gasteiger partial charge < -0.3 is 10.5 Å². The Kier molecular flexibility index (Phi) is 3.46. The second kappa shape index (κ2) is 4.93. The smallest absolute Gasteiger partial charge is 0.273 e. The highest BCUT2D eigenvalue weighted by atomic mass is 16.6. The minimum Gasteiger partial charge on any atom is -0.494 e. The molecule has 20 heavy (non-hydrogen) atoms. The monoisotopic (exact) mass is 276 g/mol. The molecule has 0 spiro atoms. The van der Waals surface area contributed by atoms with Gasteiger partial charge in [0.25, 0.3) is 5.69 Å². The Labute approximate surface area is 116 Å². The van der Waals surface area contributed by atoms with E-state index in [4.69, 9.17) is 10.5 Å². The standard InChI is InChI=1S/C13H16N4O3/c1-13(2,14)12-7-15-8-16(12)10-5-4-9(17(18)19)6-11(10)20-3/h4-8H,14H2,1-3H3. The zero-order valence-electron chi connectivity index (χ0n) is 11.5. The summed E-state index contributed by atoms with van der Waals surface area (Å²) in [5, 5.41) is 10.8. The molecule has 2 N–H and O–H groups in total. The van der Waals surface area contributed by atoms with E-state index in [1.807, 2.05) is 13.8 Å². The van der Waals surface area contributed by atoms with Crippen molar-refractivity contribution in [3.8, 4) is 11.4 Å². The molecule has 1 aromatic carbocycles. The van der Waals surface area contributed by atoms with Gasteiger partial charge in [0.15, 0.2) is 0 Å². The predicted molar refractivity (Wildman–Crippen MR) is 74.0 cm³/mol. The maximum Gasteiger partial charge on any atom is 0.273 e. The summed E-state index contributed by atoms with van der Waals surface area (Å²) in [6, 6.07) is 4.42. The summed E-state index contributed by atoms with van der Waals surface area (Å²) in [6.07, 6.45) is 3.27. The predicted octanol–water partition coefficient (Wildman–Crippen LogP) is 1.98. The average molecular weight is 276 g/mol. The fraction of sp³-hybridized carbons (Fsp3) is 0.308. The van der Waals surface area contributed by atoms with E-state index < -0.39 is 10.5 Å². The summed E-state index contributed by atoms with van der Waals surface area (Å²) in [6.45, 7) is 3.72. The highest BCUT2D eigenvalue weighted by Gasteiger charge is 2.22. The van der Waals surface area contributed by atoms with Crippen LogP contribution in [0.4, 0.5) is 5.69 Å². The summed E-state index contributed by atoms with van der Waals surface area (Å²) < 4.78 is 7.00. The minimum absolute atomic E-state index is 0.0285. The average Bonchev–Trinajstić information content (AvgIpc) is 2.86. The molecule has 0 fully saturated rings. The molecule has 0 amide bonds. The number of nitrogens with zero attached hydrogens (tertiary/aromatic N) is 3. The van der Waals surface area contributed by atoms with Gasteiger partial charge in [0.05, 0.1) is 47.5 Å². The lowest BCUT2D eigenvalue weighted by Crippen LogP contribution is -2.31. The number of nitro groups is 1. The van der Waals surface area contributed by atoms with Crippen LogP contribution in [0.2, 0.25) is 0 Å². The lowest BCUT2D eigenvalue weighted by atomic mass is 10.0. The third-order valence-electron chi connectivity index (χ3n) is 2.93. The molecule has 0 aliphatic rings. The van der Waals surface area contributed by atoms with Crippen LogP contribution in [-0.2, 0) is 5.54 Å².